The quantitative estimate of drug-likeness (QED) is 0.370. The van der Waals surface area contributed by atoms with E-state index in [1.54, 1.807) is 0 Å². The van der Waals surface area contributed by atoms with Gasteiger partial charge in [0.05, 0.1) is 0 Å². The van der Waals surface area contributed by atoms with Gasteiger partial charge >= 0.3 is 0 Å². The van der Waals surface area contributed by atoms with Crippen LogP contribution in [0.4, 0.5) is 0 Å². The molecule has 3 heteroatoms. The van der Waals surface area contributed by atoms with Gasteiger partial charge in [-0.15, -0.1) is 0 Å². The molecule has 1 aromatic heterocycles. The number of hydrogen-bond acceptors (Lipinski definition) is 1. The molecule has 1 heterocycles. The zero-order valence-electron chi connectivity index (χ0n) is 17.9. The van der Waals surface area contributed by atoms with Crippen LogP contribution < -0.4 is 0 Å². The van der Waals surface area contributed by atoms with Gasteiger partial charge in [0.25, 0.3) is 0 Å². The Balaban J connectivity index is 2.38. The Kier molecular flexibility index (Phi) is 6.22. The van der Waals surface area contributed by atoms with Crippen LogP contribution in [-0.2, 0) is 0 Å². The van der Waals surface area contributed by atoms with Gasteiger partial charge in [-0.25, -0.2) is 20.1 Å². The summed E-state index contributed by atoms with van der Waals surface area (Å²) < 4.78 is 6.78. The predicted octanol–water partition coefficient (Wildman–Crippen LogP) is 8.03. The first kappa shape index (κ1) is 20.7. The molecular weight excluding hydrogens is 368 g/mol. The van der Waals surface area contributed by atoms with Crippen molar-refractivity contribution >= 4 is 42.0 Å². The minimum atomic E-state index is -0.815. The Morgan fingerprint density at radius 2 is 0.889 bits per heavy atom. The molecule has 0 unspecified atom stereocenters. The Bertz CT molecular complexity index is 826. The Labute approximate surface area is 168 Å². The van der Waals surface area contributed by atoms with E-state index < -0.39 is 20.1 Å². The number of benzene rings is 2. The van der Waals surface area contributed by atoms with Gasteiger partial charge in [-0.2, -0.15) is 0 Å². The zero-order valence-corrected chi connectivity index (χ0v) is 19.6. The third-order valence-corrected chi connectivity index (χ3v) is 15.8. The van der Waals surface area contributed by atoms with Crippen molar-refractivity contribution in [3.8, 4) is 0 Å². The van der Waals surface area contributed by atoms with Crippen molar-refractivity contribution in [1.82, 2.24) is 0 Å². The summed E-state index contributed by atoms with van der Waals surface area (Å²) in [5.41, 5.74) is 2.33. The molecule has 2 aromatic carbocycles. The van der Waals surface area contributed by atoms with E-state index in [2.05, 4.69) is 77.9 Å². The van der Waals surface area contributed by atoms with Crippen LogP contribution in [0, 0.1) is 0 Å². The first-order valence-corrected chi connectivity index (χ1v) is 14.8. The van der Waals surface area contributed by atoms with Crippen LogP contribution in [0.1, 0.15) is 41.5 Å². The summed E-state index contributed by atoms with van der Waals surface area (Å²) in [6.07, 6.45) is 0. The van der Waals surface area contributed by atoms with Crippen LogP contribution in [-0.4, -0.2) is 34.5 Å². The second kappa shape index (κ2) is 8.13. The van der Waals surface area contributed by atoms with E-state index in [0.717, 1.165) is 11.2 Å². The molecule has 0 aliphatic heterocycles. The van der Waals surface area contributed by atoms with Crippen molar-refractivity contribution in [2.24, 2.45) is 0 Å². The van der Waals surface area contributed by atoms with Crippen LogP contribution in [0.25, 0.3) is 21.9 Å². The molecule has 0 saturated heterocycles. The van der Waals surface area contributed by atoms with E-state index in [0.29, 0.717) is 0 Å². The normalized spacial score (nSPS) is 14.1. The summed E-state index contributed by atoms with van der Waals surface area (Å²) in [7, 11) is -1.63. The molecule has 3 rings (SSSR count). The van der Waals surface area contributed by atoms with Gasteiger partial charge in [-0.05, 0) is 46.6 Å². The summed E-state index contributed by atoms with van der Waals surface area (Å²) in [6.45, 7) is 14.1. The minimum absolute atomic E-state index is 0.815. The maximum atomic E-state index is 6.78. The molecule has 0 saturated carbocycles. The Morgan fingerprint density at radius 1 is 0.556 bits per heavy atom. The molecule has 3 aromatic rings. The van der Waals surface area contributed by atoms with Crippen molar-refractivity contribution in [3.05, 3.63) is 36.4 Å². The van der Waals surface area contributed by atoms with E-state index in [-0.39, 0.29) is 0 Å². The lowest BCUT2D eigenvalue weighted by atomic mass is 10.1. The highest BCUT2D eigenvalue weighted by Crippen LogP contribution is 2.60. The average Bonchev–Trinajstić information content (AvgIpc) is 3.11. The molecule has 0 amide bonds. The first-order valence-electron chi connectivity index (χ1n) is 10.5. The van der Waals surface area contributed by atoms with Crippen LogP contribution >= 0.6 is 20.1 Å². The highest BCUT2D eigenvalue weighted by Gasteiger charge is 2.28. The van der Waals surface area contributed by atoms with E-state index in [4.69, 9.17) is 4.42 Å². The van der Waals surface area contributed by atoms with E-state index in [1.165, 1.54) is 55.1 Å². The number of rotatable bonds is 8. The van der Waals surface area contributed by atoms with Crippen LogP contribution in [0.15, 0.2) is 50.6 Å². The fourth-order valence-electron chi connectivity index (χ4n) is 4.61. The van der Waals surface area contributed by atoms with Gasteiger partial charge in [0.1, 0.15) is 11.2 Å². The number of fused-ring (bicyclic) bond motifs is 3. The molecule has 0 N–H and O–H groups in total. The highest BCUT2D eigenvalue weighted by molar-refractivity contribution is 8.34. The molecule has 0 aliphatic rings. The molecule has 1 nitrogen and oxygen atoms in total. The summed E-state index contributed by atoms with van der Waals surface area (Å²) in [6, 6.07) is 13.7. The van der Waals surface area contributed by atoms with Gasteiger partial charge in [0.2, 0.25) is 0 Å². The number of furan rings is 1. The van der Waals surface area contributed by atoms with Crippen molar-refractivity contribution in [2.45, 2.75) is 51.3 Å². The fourth-order valence-corrected chi connectivity index (χ4v) is 10.7. The molecule has 27 heavy (non-hydrogen) atoms. The molecular formula is C24H36OS2. The number of hydrogen-bond donors (Lipinski definition) is 0. The molecule has 150 valence electrons. The molecule has 0 fully saturated rings. The van der Waals surface area contributed by atoms with E-state index in [1.807, 2.05) is 0 Å². The van der Waals surface area contributed by atoms with Gasteiger partial charge in [0.15, 0.2) is 0 Å². The lowest BCUT2D eigenvalue weighted by molar-refractivity contribution is 0.651. The average molecular weight is 405 g/mol. The third kappa shape index (κ3) is 3.11. The zero-order chi connectivity index (χ0) is 19.7. The maximum Gasteiger partial charge on any atom is 0.147 e. The molecule has 0 bridgehead atoms. The lowest BCUT2D eigenvalue weighted by Gasteiger charge is -2.38. The van der Waals surface area contributed by atoms with Gasteiger partial charge in [-0.3, -0.25) is 0 Å². The van der Waals surface area contributed by atoms with Crippen molar-refractivity contribution in [3.63, 3.8) is 0 Å². The lowest BCUT2D eigenvalue weighted by Crippen LogP contribution is -2.09. The topological polar surface area (TPSA) is 13.1 Å². The third-order valence-electron chi connectivity index (χ3n) is 6.70. The Hall–Kier alpha value is -1.06. The smallest absolute Gasteiger partial charge is 0.147 e. The van der Waals surface area contributed by atoms with E-state index >= 15 is 0 Å². The standard InChI is InChI=1S/C24H36OS2/c1-7-26(8-2,9-3)21-17-13-15-19-20-16-14-18-22(24(20)25-23(19)21)27(10-4,11-5)12-6/h13-18H,7-12H2,1-6H3. The van der Waals surface area contributed by atoms with Crippen molar-refractivity contribution in [1.29, 1.82) is 0 Å². The number of para-hydroxylation sites is 2. The van der Waals surface area contributed by atoms with E-state index in [9.17, 15) is 0 Å². The van der Waals surface area contributed by atoms with Crippen molar-refractivity contribution < 1.29 is 4.42 Å². The largest absolute Gasteiger partial charge is 0.454 e. The Morgan fingerprint density at radius 3 is 1.19 bits per heavy atom. The van der Waals surface area contributed by atoms with Crippen LogP contribution in [0.3, 0.4) is 0 Å². The van der Waals surface area contributed by atoms with Crippen molar-refractivity contribution in [2.75, 3.05) is 34.5 Å². The second-order valence-electron chi connectivity index (χ2n) is 7.19. The maximum absolute atomic E-state index is 6.78. The van der Waals surface area contributed by atoms with Gasteiger partial charge in [0, 0.05) is 20.6 Å². The van der Waals surface area contributed by atoms with Crippen LogP contribution in [0.5, 0.6) is 0 Å². The second-order valence-corrected chi connectivity index (χ2v) is 15.7. The highest BCUT2D eigenvalue weighted by atomic mass is 32.3. The van der Waals surface area contributed by atoms with Gasteiger partial charge < -0.3 is 4.42 Å². The molecule has 0 aliphatic carbocycles. The molecule has 0 spiro atoms. The predicted molar refractivity (Wildman–Crippen MR) is 129 cm³/mol. The SMILES string of the molecule is CCS(CC)(CC)c1cccc2c1oc1c(S(CC)(CC)CC)cccc12. The molecule has 0 atom stereocenters. The monoisotopic (exact) mass is 404 g/mol. The summed E-state index contributed by atoms with van der Waals surface area (Å²) in [5, 5.41) is 2.63. The summed E-state index contributed by atoms with van der Waals surface area (Å²) in [4.78, 5) is 2.97. The molecule has 0 radical (unpaired) electrons. The summed E-state index contributed by atoms with van der Waals surface area (Å²) >= 11 is 0. The minimum Gasteiger partial charge on any atom is -0.454 e. The van der Waals surface area contributed by atoms with Crippen LogP contribution in [0.2, 0.25) is 0 Å². The fraction of sp³-hybridized carbons (Fsp3) is 0.500. The van der Waals surface area contributed by atoms with Gasteiger partial charge in [-0.1, -0.05) is 65.8 Å². The summed E-state index contributed by atoms with van der Waals surface area (Å²) in [5.74, 6) is 7.40. The first-order chi connectivity index (χ1) is 13.1.